The van der Waals surface area contributed by atoms with Gasteiger partial charge in [-0.05, 0) is 12.1 Å². The van der Waals surface area contributed by atoms with Gasteiger partial charge in [0.1, 0.15) is 5.60 Å². The third kappa shape index (κ3) is 3.02. The molecule has 20 heavy (non-hydrogen) atoms. The summed E-state index contributed by atoms with van der Waals surface area (Å²) in [6.07, 6.45) is 0.516. The van der Waals surface area contributed by atoms with Crippen LogP contribution in [0, 0.1) is 0 Å². The molecule has 6 heteroatoms. The number of methoxy groups -OCH3 is 2. The number of nitrogens with one attached hydrogen (secondary N) is 1. The van der Waals surface area contributed by atoms with Gasteiger partial charge in [-0.2, -0.15) is 0 Å². The van der Waals surface area contributed by atoms with Gasteiger partial charge >= 0.3 is 0 Å². The molecular formula is C14H19NO5. The van der Waals surface area contributed by atoms with Crippen molar-refractivity contribution >= 4 is 5.91 Å². The molecule has 1 atom stereocenters. The number of carbonyl (C=O) groups is 1. The van der Waals surface area contributed by atoms with Gasteiger partial charge in [-0.1, -0.05) is 6.07 Å². The molecule has 6 nitrogen and oxygen atoms in total. The maximum Gasteiger partial charge on any atom is 0.255 e. The van der Waals surface area contributed by atoms with Crippen LogP contribution < -0.4 is 14.8 Å². The number of benzene rings is 1. The van der Waals surface area contributed by atoms with Crippen LogP contribution in [0.3, 0.4) is 0 Å². The highest BCUT2D eigenvalue weighted by atomic mass is 16.5. The molecule has 1 heterocycles. The van der Waals surface area contributed by atoms with Crippen LogP contribution in [0.15, 0.2) is 18.2 Å². The van der Waals surface area contributed by atoms with E-state index < -0.39 is 5.60 Å². The summed E-state index contributed by atoms with van der Waals surface area (Å²) in [5.74, 6) is 0.547. The van der Waals surface area contributed by atoms with Gasteiger partial charge in [-0.15, -0.1) is 0 Å². The molecule has 1 aromatic rings. The molecule has 1 amide bonds. The van der Waals surface area contributed by atoms with Crippen LogP contribution in [0.1, 0.15) is 16.8 Å². The lowest BCUT2D eigenvalue weighted by molar-refractivity contribution is 0.0264. The summed E-state index contributed by atoms with van der Waals surface area (Å²) < 4.78 is 15.5. The monoisotopic (exact) mass is 281 g/mol. The molecule has 0 saturated carbocycles. The number of aliphatic hydroxyl groups is 1. The molecule has 0 radical (unpaired) electrons. The Hall–Kier alpha value is -1.79. The summed E-state index contributed by atoms with van der Waals surface area (Å²) in [6.45, 7) is 0.892. The van der Waals surface area contributed by atoms with Crippen molar-refractivity contribution in [1.82, 2.24) is 5.32 Å². The first-order valence-corrected chi connectivity index (χ1v) is 6.39. The Balaban J connectivity index is 2.09. The Bertz CT molecular complexity index is 482. The van der Waals surface area contributed by atoms with Crippen molar-refractivity contribution in [3.05, 3.63) is 23.8 Å². The fraction of sp³-hybridized carbons (Fsp3) is 0.500. The zero-order valence-corrected chi connectivity index (χ0v) is 11.6. The van der Waals surface area contributed by atoms with E-state index in [1.54, 1.807) is 18.2 Å². The van der Waals surface area contributed by atoms with E-state index in [0.29, 0.717) is 30.1 Å². The molecule has 0 aromatic heterocycles. The highest BCUT2D eigenvalue weighted by Gasteiger charge is 2.32. The summed E-state index contributed by atoms with van der Waals surface area (Å²) >= 11 is 0. The Morgan fingerprint density at radius 3 is 2.85 bits per heavy atom. The SMILES string of the molecule is COc1cccc(C(=O)NC[C@@]2(O)CCOC2)c1OC. The summed E-state index contributed by atoms with van der Waals surface area (Å²) in [7, 11) is 2.99. The van der Waals surface area contributed by atoms with Gasteiger partial charge in [-0.25, -0.2) is 0 Å². The molecule has 1 saturated heterocycles. The van der Waals surface area contributed by atoms with Gasteiger partial charge in [0.05, 0.1) is 26.4 Å². The van der Waals surface area contributed by atoms with Crippen LogP contribution in [0.25, 0.3) is 0 Å². The van der Waals surface area contributed by atoms with Crippen molar-refractivity contribution in [2.75, 3.05) is 34.0 Å². The molecule has 0 spiro atoms. The molecule has 1 fully saturated rings. The van der Waals surface area contributed by atoms with Crippen LogP contribution in [0.4, 0.5) is 0 Å². The normalized spacial score (nSPS) is 21.6. The number of amides is 1. The summed E-state index contributed by atoms with van der Waals surface area (Å²) in [4.78, 5) is 12.2. The van der Waals surface area contributed by atoms with E-state index in [1.807, 2.05) is 0 Å². The molecule has 2 N–H and O–H groups in total. The fourth-order valence-corrected chi connectivity index (χ4v) is 2.14. The van der Waals surface area contributed by atoms with Gasteiger partial charge in [0.2, 0.25) is 0 Å². The van der Waals surface area contributed by atoms with E-state index in [1.165, 1.54) is 14.2 Å². The molecule has 1 aromatic carbocycles. The number of hydrogen-bond donors (Lipinski definition) is 2. The molecule has 110 valence electrons. The topological polar surface area (TPSA) is 77.0 Å². The highest BCUT2D eigenvalue weighted by Crippen LogP contribution is 2.30. The Morgan fingerprint density at radius 2 is 2.25 bits per heavy atom. The Kier molecular flexibility index (Phi) is 4.46. The smallest absolute Gasteiger partial charge is 0.255 e. The maximum absolute atomic E-state index is 12.2. The highest BCUT2D eigenvalue weighted by molar-refractivity contribution is 5.97. The van der Waals surface area contributed by atoms with Crippen LogP contribution in [-0.4, -0.2) is 50.6 Å². The fourth-order valence-electron chi connectivity index (χ4n) is 2.14. The zero-order chi connectivity index (χ0) is 14.6. The summed E-state index contributed by atoms with van der Waals surface area (Å²) in [6, 6.07) is 5.07. The Labute approximate surface area is 117 Å². The second-order valence-corrected chi connectivity index (χ2v) is 4.75. The molecule has 0 aliphatic carbocycles. The first-order valence-electron chi connectivity index (χ1n) is 6.39. The molecule has 0 bridgehead atoms. The van der Waals surface area contributed by atoms with Crippen LogP contribution in [0.5, 0.6) is 11.5 Å². The predicted molar refractivity (Wildman–Crippen MR) is 72.3 cm³/mol. The van der Waals surface area contributed by atoms with E-state index in [9.17, 15) is 9.90 Å². The van der Waals surface area contributed by atoms with E-state index in [-0.39, 0.29) is 19.1 Å². The van der Waals surface area contributed by atoms with Gasteiger partial charge in [0.15, 0.2) is 11.5 Å². The molecule has 1 aliphatic rings. The average molecular weight is 281 g/mol. The van der Waals surface area contributed by atoms with Crippen molar-refractivity contribution in [2.45, 2.75) is 12.0 Å². The standard InChI is InChI=1S/C14H19NO5/c1-18-11-5-3-4-10(12(11)19-2)13(16)15-8-14(17)6-7-20-9-14/h3-5,17H,6-9H2,1-2H3,(H,15,16)/t14-/m0/s1. The van der Waals surface area contributed by atoms with Crippen molar-refractivity contribution in [2.24, 2.45) is 0 Å². The van der Waals surface area contributed by atoms with Crippen molar-refractivity contribution in [3.8, 4) is 11.5 Å². The predicted octanol–water partition coefficient (Wildman–Crippen LogP) is 0.585. The first kappa shape index (κ1) is 14.6. The number of carbonyl (C=O) groups excluding carboxylic acids is 1. The van der Waals surface area contributed by atoms with E-state index in [2.05, 4.69) is 5.32 Å². The zero-order valence-electron chi connectivity index (χ0n) is 11.6. The third-order valence-corrected chi connectivity index (χ3v) is 3.31. The average Bonchev–Trinajstić information content (AvgIpc) is 2.91. The van der Waals surface area contributed by atoms with E-state index in [4.69, 9.17) is 14.2 Å². The molecular weight excluding hydrogens is 262 g/mol. The van der Waals surface area contributed by atoms with Crippen molar-refractivity contribution < 1.29 is 24.1 Å². The minimum Gasteiger partial charge on any atom is -0.493 e. The lowest BCUT2D eigenvalue weighted by Gasteiger charge is -2.21. The quantitative estimate of drug-likeness (QED) is 0.826. The van der Waals surface area contributed by atoms with Gasteiger partial charge in [0, 0.05) is 19.6 Å². The number of hydrogen-bond acceptors (Lipinski definition) is 5. The van der Waals surface area contributed by atoms with E-state index in [0.717, 1.165) is 0 Å². The largest absolute Gasteiger partial charge is 0.493 e. The lowest BCUT2D eigenvalue weighted by Crippen LogP contribution is -2.43. The second-order valence-electron chi connectivity index (χ2n) is 4.75. The van der Waals surface area contributed by atoms with Crippen LogP contribution in [0.2, 0.25) is 0 Å². The van der Waals surface area contributed by atoms with Gasteiger partial charge in [0.25, 0.3) is 5.91 Å². The number of rotatable bonds is 5. The van der Waals surface area contributed by atoms with Crippen LogP contribution in [-0.2, 0) is 4.74 Å². The third-order valence-electron chi connectivity index (χ3n) is 3.31. The first-order chi connectivity index (χ1) is 9.59. The van der Waals surface area contributed by atoms with Crippen LogP contribution >= 0.6 is 0 Å². The van der Waals surface area contributed by atoms with Crippen molar-refractivity contribution in [3.63, 3.8) is 0 Å². The molecule has 0 unspecified atom stereocenters. The van der Waals surface area contributed by atoms with E-state index >= 15 is 0 Å². The number of para-hydroxylation sites is 1. The minimum atomic E-state index is -0.984. The summed E-state index contributed by atoms with van der Waals surface area (Å²) in [5, 5.41) is 12.8. The second kappa shape index (κ2) is 6.11. The number of ether oxygens (including phenoxy) is 3. The van der Waals surface area contributed by atoms with Gasteiger partial charge in [-0.3, -0.25) is 4.79 Å². The molecule has 1 aliphatic heterocycles. The molecule has 2 rings (SSSR count). The maximum atomic E-state index is 12.2. The Morgan fingerprint density at radius 1 is 1.45 bits per heavy atom. The lowest BCUT2D eigenvalue weighted by atomic mass is 10.0. The minimum absolute atomic E-state index is 0.145. The van der Waals surface area contributed by atoms with Crippen molar-refractivity contribution in [1.29, 1.82) is 0 Å². The summed E-state index contributed by atoms with van der Waals surface area (Å²) in [5.41, 5.74) is -0.615. The van der Waals surface area contributed by atoms with Gasteiger partial charge < -0.3 is 24.6 Å².